The Morgan fingerprint density at radius 2 is 1.00 bits per heavy atom. The number of rotatable bonds is 10. The van der Waals surface area contributed by atoms with Gasteiger partial charge in [-0.1, -0.05) is 46.0 Å². The highest BCUT2D eigenvalue weighted by atomic mass is 16.3. The van der Waals surface area contributed by atoms with Gasteiger partial charge in [0, 0.05) is 0 Å². The van der Waals surface area contributed by atoms with E-state index in [1.807, 2.05) is 13.8 Å². The van der Waals surface area contributed by atoms with Crippen molar-refractivity contribution in [2.24, 2.45) is 0 Å². The fourth-order valence-electron chi connectivity index (χ4n) is 1.70. The summed E-state index contributed by atoms with van der Waals surface area (Å²) in [6.45, 7) is 4.05. The maximum absolute atomic E-state index is 9.33. The van der Waals surface area contributed by atoms with E-state index in [-0.39, 0.29) is 12.2 Å². The van der Waals surface area contributed by atoms with E-state index in [9.17, 15) is 10.2 Å². The van der Waals surface area contributed by atoms with Crippen molar-refractivity contribution in [3.63, 3.8) is 0 Å². The van der Waals surface area contributed by atoms with Gasteiger partial charge in [-0.05, 0) is 25.7 Å². The van der Waals surface area contributed by atoms with Gasteiger partial charge < -0.3 is 10.2 Å². The molecule has 0 amide bonds. The lowest BCUT2D eigenvalue weighted by molar-refractivity contribution is 0.154. The number of hydrogen-bond acceptors (Lipinski definition) is 2. The molecule has 2 heteroatoms. The monoisotopic (exact) mass is 216 g/mol. The summed E-state index contributed by atoms with van der Waals surface area (Å²) in [5, 5.41) is 18.7. The molecule has 0 aromatic carbocycles. The third-order valence-electron chi connectivity index (χ3n) is 3.02. The largest absolute Gasteiger partial charge is 0.393 e. The van der Waals surface area contributed by atoms with Crippen LogP contribution in [0, 0.1) is 0 Å². The van der Waals surface area contributed by atoms with Crippen molar-refractivity contribution in [3.05, 3.63) is 0 Å². The highest BCUT2D eigenvalue weighted by molar-refractivity contribution is 4.55. The van der Waals surface area contributed by atoms with Crippen molar-refractivity contribution in [1.29, 1.82) is 0 Å². The molecule has 0 aliphatic rings. The minimum atomic E-state index is -0.0908. The first kappa shape index (κ1) is 14.9. The zero-order chi connectivity index (χ0) is 11.5. The average molecular weight is 216 g/mol. The van der Waals surface area contributed by atoms with Crippen molar-refractivity contribution >= 4 is 0 Å². The van der Waals surface area contributed by atoms with E-state index >= 15 is 0 Å². The fraction of sp³-hybridized carbons (Fsp3) is 1.00. The topological polar surface area (TPSA) is 40.5 Å². The highest BCUT2D eigenvalue weighted by Gasteiger charge is 2.01. The Hall–Kier alpha value is -0.0800. The molecule has 0 unspecified atom stereocenters. The van der Waals surface area contributed by atoms with Gasteiger partial charge in [0.15, 0.2) is 0 Å². The minimum Gasteiger partial charge on any atom is -0.393 e. The summed E-state index contributed by atoms with van der Waals surface area (Å²) in [4.78, 5) is 0. The Kier molecular flexibility index (Phi) is 10.4. The maximum atomic E-state index is 9.33. The van der Waals surface area contributed by atoms with Crippen LogP contribution in [0.3, 0.4) is 0 Å². The summed E-state index contributed by atoms with van der Waals surface area (Å²) < 4.78 is 0. The smallest absolute Gasteiger partial charge is 0.0537 e. The van der Waals surface area contributed by atoms with E-state index in [4.69, 9.17) is 0 Å². The molecule has 0 heterocycles. The zero-order valence-electron chi connectivity index (χ0n) is 10.4. The van der Waals surface area contributed by atoms with E-state index in [0.717, 1.165) is 38.5 Å². The predicted octanol–water partition coefficient (Wildman–Crippen LogP) is 3.26. The first-order valence-electron chi connectivity index (χ1n) is 6.56. The third-order valence-corrected chi connectivity index (χ3v) is 3.02. The van der Waals surface area contributed by atoms with Gasteiger partial charge in [-0.25, -0.2) is 0 Å². The highest BCUT2D eigenvalue weighted by Crippen LogP contribution is 2.11. The quantitative estimate of drug-likeness (QED) is 0.550. The van der Waals surface area contributed by atoms with E-state index in [1.54, 1.807) is 0 Å². The molecule has 15 heavy (non-hydrogen) atoms. The predicted molar refractivity (Wildman–Crippen MR) is 64.9 cm³/mol. The normalized spacial score (nSPS) is 15.2. The molecule has 0 fully saturated rings. The summed E-state index contributed by atoms with van der Waals surface area (Å²) in [5.74, 6) is 0. The van der Waals surface area contributed by atoms with Crippen molar-refractivity contribution in [1.82, 2.24) is 0 Å². The summed E-state index contributed by atoms with van der Waals surface area (Å²) in [7, 11) is 0. The lowest BCUT2D eigenvalue weighted by Crippen LogP contribution is -2.04. The molecule has 0 aliphatic carbocycles. The van der Waals surface area contributed by atoms with Gasteiger partial charge in [0.05, 0.1) is 12.2 Å². The molecule has 2 N–H and O–H groups in total. The molecule has 0 radical (unpaired) electrons. The zero-order valence-corrected chi connectivity index (χ0v) is 10.4. The van der Waals surface area contributed by atoms with Crippen molar-refractivity contribution < 1.29 is 10.2 Å². The van der Waals surface area contributed by atoms with Gasteiger partial charge in [-0.15, -0.1) is 0 Å². The van der Waals surface area contributed by atoms with Crippen LogP contribution in [-0.2, 0) is 0 Å². The number of hydrogen-bond donors (Lipinski definition) is 2. The molecule has 0 saturated heterocycles. The van der Waals surface area contributed by atoms with Crippen molar-refractivity contribution in [3.8, 4) is 0 Å². The summed E-state index contributed by atoms with van der Waals surface area (Å²) in [5.41, 5.74) is 0. The van der Waals surface area contributed by atoms with Gasteiger partial charge in [0.1, 0.15) is 0 Å². The van der Waals surface area contributed by atoms with E-state index in [1.165, 1.54) is 19.3 Å². The molecule has 92 valence electrons. The Labute approximate surface area is 94.7 Å². The molecule has 0 spiro atoms. The molecule has 0 bridgehead atoms. The van der Waals surface area contributed by atoms with Gasteiger partial charge >= 0.3 is 0 Å². The van der Waals surface area contributed by atoms with E-state index in [2.05, 4.69) is 0 Å². The molecule has 2 atom stereocenters. The lowest BCUT2D eigenvalue weighted by atomic mass is 10.0. The summed E-state index contributed by atoms with van der Waals surface area (Å²) in [6, 6.07) is 0. The summed E-state index contributed by atoms with van der Waals surface area (Å²) in [6.07, 6.45) is 9.45. The molecule has 0 rings (SSSR count). The van der Waals surface area contributed by atoms with Crippen LogP contribution in [0.1, 0.15) is 71.6 Å². The van der Waals surface area contributed by atoms with Crippen LogP contribution in [0.4, 0.5) is 0 Å². The lowest BCUT2D eigenvalue weighted by Gasteiger charge is -2.08. The first-order valence-corrected chi connectivity index (χ1v) is 6.56. The van der Waals surface area contributed by atoms with Crippen LogP contribution in [0.25, 0.3) is 0 Å². The van der Waals surface area contributed by atoms with E-state index in [0.29, 0.717) is 0 Å². The average Bonchev–Trinajstić information content (AvgIpc) is 2.26. The van der Waals surface area contributed by atoms with Crippen LogP contribution in [-0.4, -0.2) is 22.4 Å². The molecular weight excluding hydrogens is 188 g/mol. The van der Waals surface area contributed by atoms with Gasteiger partial charge in [-0.3, -0.25) is 0 Å². The van der Waals surface area contributed by atoms with Gasteiger partial charge in [0.2, 0.25) is 0 Å². The molecule has 0 aliphatic heterocycles. The van der Waals surface area contributed by atoms with Gasteiger partial charge in [0.25, 0.3) is 0 Å². The fourth-order valence-corrected chi connectivity index (χ4v) is 1.70. The summed E-state index contributed by atoms with van der Waals surface area (Å²) >= 11 is 0. The van der Waals surface area contributed by atoms with Crippen molar-refractivity contribution in [2.45, 2.75) is 83.8 Å². The molecule has 0 saturated carbocycles. The maximum Gasteiger partial charge on any atom is 0.0537 e. The molecule has 2 nitrogen and oxygen atoms in total. The second-order valence-corrected chi connectivity index (χ2v) is 4.47. The SMILES string of the molecule is CC[C@H](O)CCCCCCC[C@@H](O)CC. The van der Waals surface area contributed by atoms with Crippen LogP contribution in [0.15, 0.2) is 0 Å². The third kappa shape index (κ3) is 10.2. The van der Waals surface area contributed by atoms with E-state index < -0.39 is 0 Å². The first-order chi connectivity index (χ1) is 7.20. The minimum absolute atomic E-state index is 0.0908. The Balaban J connectivity index is 3.05. The van der Waals surface area contributed by atoms with Crippen LogP contribution in [0.5, 0.6) is 0 Å². The van der Waals surface area contributed by atoms with Crippen molar-refractivity contribution in [2.75, 3.05) is 0 Å². The second kappa shape index (κ2) is 10.4. The molecular formula is C13H28O2. The van der Waals surface area contributed by atoms with Crippen LogP contribution in [0.2, 0.25) is 0 Å². The standard InChI is InChI=1S/C13H28O2/c1-3-12(14)10-8-6-5-7-9-11-13(15)4-2/h12-15H,3-11H2,1-2H3/t12-,13-/m0/s1. The molecule has 0 aromatic heterocycles. The Morgan fingerprint density at radius 3 is 1.33 bits per heavy atom. The van der Waals surface area contributed by atoms with Gasteiger partial charge in [-0.2, -0.15) is 0 Å². The number of aliphatic hydroxyl groups is 2. The Morgan fingerprint density at radius 1 is 0.667 bits per heavy atom. The van der Waals surface area contributed by atoms with Crippen LogP contribution >= 0.6 is 0 Å². The Bertz CT molecular complexity index is 112. The second-order valence-electron chi connectivity index (χ2n) is 4.47. The number of aliphatic hydroxyl groups excluding tert-OH is 2. The number of unbranched alkanes of at least 4 members (excludes halogenated alkanes) is 4. The van der Waals surface area contributed by atoms with Crippen LogP contribution < -0.4 is 0 Å². The molecule has 0 aromatic rings.